The lowest BCUT2D eigenvalue weighted by Crippen LogP contribution is -2.22. The molecule has 2 amide bonds. The number of hydrogen-bond donors (Lipinski definition) is 2. The molecule has 6 heteroatoms. The maximum Gasteiger partial charge on any atom is 0.257 e. The molecule has 2 N–H and O–H groups in total. The standard InChI is InChI=1S/C17H16N4O2/c1-21(2)17(23)11-5-3-7-13(9-11)19-16(22)14-8-4-6-12-10-18-20-15(12)14/h3-10H,1-2H3,(H,18,20)(H,19,22). The summed E-state index contributed by atoms with van der Waals surface area (Å²) >= 11 is 0. The number of H-pyrrole nitrogens is 1. The fourth-order valence-electron chi connectivity index (χ4n) is 2.34. The smallest absolute Gasteiger partial charge is 0.257 e. The summed E-state index contributed by atoms with van der Waals surface area (Å²) in [4.78, 5) is 26.0. The minimum absolute atomic E-state index is 0.114. The van der Waals surface area contributed by atoms with E-state index in [1.807, 2.05) is 6.07 Å². The summed E-state index contributed by atoms with van der Waals surface area (Å²) in [7, 11) is 3.37. The first-order valence-corrected chi connectivity index (χ1v) is 7.11. The van der Waals surface area contributed by atoms with E-state index in [0.29, 0.717) is 22.3 Å². The Labute approximate surface area is 133 Å². The molecule has 116 valence electrons. The molecule has 0 fully saturated rings. The topological polar surface area (TPSA) is 78.1 Å². The zero-order valence-corrected chi connectivity index (χ0v) is 12.8. The Morgan fingerprint density at radius 2 is 1.91 bits per heavy atom. The van der Waals surface area contributed by atoms with Crippen LogP contribution in [0.3, 0.4) is 0 Å². The molecular weight excluding hydrogens is 292 g/mol. The first kappa shape index (κ1) is 14.8. The third-order valence-corrected chi connectivity index (χ3v) is 3.49. The van der Waals surface area contributed by atoms with Gasteiger partial charge in [-0.2, -0.15) is 5.10 Å². The fourth-order valence-corrected chi connectivity index (χ4v) is 2.34. The molecule has 0 aliphatic carbocycles. The van der Waals surface area contributed by atoms with Gasteiger partial charge in [-0.3, -0.25) is 14.7 Å². The van der Waals surface area contributed by atoms with Crippen molar-refractivity contribution >= 4 is 28.4 Å². The number of aromatic amines is 1. The van der Waals surface area contributed by atoms with Crippen LogP contribution < -0.4 is 5.32 Å². The number of carbonyl (C=O) groups is 2. The van der Waals surface area contributed by atoms with Crippen LogP contribution in [0.25, 0.3) is 10.9 Å². The van der Waals surface area contributed by atoms with Crippen molar-refractivity contribution in [3.8, 4) is 0 Å². The first-order chi connectivity index (χ1) is 11.1. The Bertz CT molecular complexity index is 883. The van der Waals surface area contributed by atoms with Crippen LogP contribution in [0.1, 0.15) is 20.7 Å². The highest BCUT2D eigenvalue weighted by Gasteiger charge is 2.13. The largest absolute Gasteiger partial charge is 0.345 e. The number of nitrogens with zero attached hydrogens (tertiary/aromatic N) is 2. The summed E-state index contributed by atoms with van der Waals surface area (Å²) < 4.78 is 0. The van der Waals surface area contributed by atoms with Crippen LogP contribution in [0, 0.1) is 0 Å². The van der Waals surface area contributed by atoms with Crippen molar-refractivity contribution in [1.29, 1.82) is 0 Å². The second kappa shape index (κ2) is 5.92. The van der Waals surface area contributed by atoms with Crippen molar-refractivity contribution in [3.05, 3.63) is 59.8 Å². The molecule has 0 spiro atoms. The summed E-state index contributed by atoms with van der Waals surface area (Å²) in [5.41, 5.74) is 2.28. The maximum atomic E-state index is 12.5. The van der Waals surface area contributed by atoms with E-state index in [9.17, 15) is 9.59 Å². The highest BCUT2D eigenvalue weighted by Crippen LogP contribution is 2.18. The number of nitrogens with one attached hydrogen (secondary N) is 2. The lowest BCUT2D eigenvalue weighted by Gasteiger charge is -2.12. The van der Waals surface area contributed by atoms with Gasteiger partial charge in [0.15, 0.2) is 0 Å². The van der Waals surface area contributed by atoms with Crippen molar-refractivity contribution in [2.45, 2.75) is 0 Å². The van der Waals surface area contributed by atoms with E-state index in [-0.39, 0.29) is 11.8 Å². The minimum Gasteiger partial charge on any atom is -0.345 e. The predicted octanol–water partition coefficient (Wildman–Crippen LogP) is 2.52. The van der Waals surface area contributed by atoms with Gasteiger partial charge in [-0.25, -0.2) is 0 Å². The number of rotatable bonds is 3. The SMILES string of the molecule is CN(C)C(=O)c1cccc(NC(=O)c2cccc3cn[nH]c23)c1. The van der Waals surface area contributed by atoms with Crippen molar-refractivity contribution in [2.24, 2.45) is 0 Å². The molecule has 0 bridgehead atoms. The molecule has 1 heterocycles. The van der Waals surface area contributed by atoms with E-state index in [1.165, 1.54) is 4.90 Å². The van der Waals surface area contributed by atoms with Crippen molar-refractivity contribution in [2.75, 3.05) is 19.4 Å². The second-order valence-electron chi connectivity index (χ2n) is 5.37. The minimum atomic E-state index is -0.255. The third-order valence-electron chi connectivity index (χ3n) is 3.49. The molecule has 1 aromatic heterocycles. The molecule has 0 saturated carbocycles. The molecule has 0 aliphatic heterocycles. The van der Waals surface area contributed by atoms with Gasteiger partial charge < -0.3 is 10.2 Å². The van der Waals surface area contributed by atoms with E-state index in [2.05, 4.69) is 15.5 Å². The number of hydrogen-bond acceptors (Lipinski definition) is 3. The summed E-state index contributed by atoms with van der Waals surface area (Å²) in [6, 6.07) is 12.3. The number of amides is 2. The number of anilines is 1. The molecule has 6 nitrogen and oxygen atoms in total. The van der Waals surface area contributed by atoms with Gasteiger partial charge in [0.1, 0.15) is 0 Å². The van der Waals surface area contributed by atoms with Gasteiger partial charge in [-0.15, -0.1) is 0 Å². The second-order valence-corrected chi connectivity index (χ2v) is 5.37. The molecule has 0 unspecified atom stereocenters. The molecule has 23 heavy (non-hydrogen) atoms. The molecular formula is C17H16N4O2. The monoisotopic (exact) mass is 308 g/mol. The van der Waals surface area contributed by atoms with Crippen LogP contribution in [0.15, 0.2) is 48.7 Å². The van der Waals surface area contributed by atoms with Gasteiger partial charge in [0.25, 0.3) is 11.8 Å². The van der Waals surface area contributed by atoms with Gasteiger partial charge >= 0.3 is 0 Å². The quantitative estimate of drug-likeness (QED) is 0.780. The number of carbonyl (C=O) groups excluding carboxylic acids is 2. The normalized spacial score (nSPS) is 10.5. The Hall–Kier alpha value is -3.15. The van der Waals surface area contributed by atoms with Gasteiger partial charge in [-0.1, -0.05) is 18.2 Å². The van der Waals surface area contributed by atoms with Crippen LogP contribution in [0.2, 0.25) is 0 Å². The lowest BCUT2D eigenvalue weighted by atomic mass is 10.1. The van der Waals surface area contributed by atoms with Gasteiger partial charge in [0, 0.05) is 30.7 Å². The Kier molecular flexibility index (Phi) is 3.80. The predicted molar refractivity (Wildman–Crippen MR) is 88.5 cm³/mol. The van der Waals surface area contributed by atoms with Crippen LogP contribution in [-0.4, -0.2) is 41.0 Å². The number of para-hydroxylation sites is 1. The summed E-state index contributed by atoms with van der Waals surface area (Å²) in [5.74, 6) is -0.369. The van der Waals surface area contributed by atoms with Gasteiger partial charge in [0.2, 0.25) is 0 Å². The third kappa shape index (κ3) is 2.91. The Morgan fingerprint density at radius 1 is 1.13 bits per heavy atom. The number of fused-ring (bicyclic) bond motifs is 1. The van der Waals surface area contributed by atoms with Gasteiger partial charge in [0.05, 0.1) is 17.3 Å². The van der Waals surface area contributed by atoms with Crippen molar-refractivity contribution < 1.29 is 9.59 Å². The average Bonchev–Trinajstić information content (AvgIpc) is 3.02. The van der Waals surface area contributed by atoms with Crippen LogP contribution in [0.5, 0.6) is 0 Å². The molecule has 0 saturated heterocycles. The van der Waals surface area contributed by atoms with E-state index >= 15 is 0 Å². The first-order valence-electron chi connectivity index (χ1n) is 7.11. The molecule has 3 rings (SSSR count). The average molecular weight is 308 g/mol. The van der Waals surface area contributed by atoms with Gasteiger partial charge in [-0.05, 0) is 24.3 Å². The zero-order valence-electron chi connectivity index (χ0n) is 12.8. The molecule has 2 aromatic carbocycles. The fraction of sp³-hybridized carbons (Fsp3) is 0.118. The van der Waals surface area contributed by atoms with E-state index in [4.69, 9.17) is 0 Å². The summed E-state index contributed by atoms with van der Waals surface area (Å²) in [6.45, 7) is 0. The molecule has 3 aromatic rings. The molecule has 0 aliphatic rings. The molecule has 0 radical (unpaired) electrons. The Morgan fingerprint density at radius 3 is 2.70 bits per heavy atom. The lowest BCUT2D eigenvalue weighted by molar-refractivity contribution is 0.0827. The van der Waals surface area contributed by atoms with Crippen molar-refractivity contribution in [3.63, 3.8) is 0 Å². The zero-order chi connectivity index (χ0) is 16.4. The maximum absolute atomic E-state index is 12.5. The highest BCUT2D eigenvalue weighted by atomic mass is 16.2. The van der Waals surface area contributed by atoms with Crippen molar-refractivity contribution in [1.82, 2.24) is 15.1 Å². The molecule has 0 atom stereocenters. The summed E-state index contributed by atoms with van der Waals surface area (Å²) in [5, 5.41) is 10.5. The van der Waals surface area contributed by atoms with Crippen LogP contribution in [0.4, 0.5) is 5.69 Å². The van der Waals surface area contributed by atoms with Crippen LogP contribution in [-0.2, 0) is 0 Å². The summed E-state index contributed by atoms with van der Waals surface area (Å²) in [6.07, 6.45) is 1.67. The number of aromatic nitrogens is 2. The van der Waals surface area contributed by atoms with Crippen LogP contribution >= 0.6 is 0 Å². The van der Waals surface area contributed by atoms with E-state index < -0.39 is 0 Å². The Balaban J connectivity index is 1.87. The highest BCUT2D eigenvalue weighted by molar-refractivity contribution is 6.12. The van der Waals surface area contributed by atoms with E-state index in [1.54, 1.807) is 56.7 Å². The van der Waals surface area contributed by atoms with E-state index in [0.717, 1.165) is 5.39 Å². The number of benzene rings is 2.